The molecule has 33 heavy (non-hydrogen) atoms. The number of hydrogen-bond donors (Lipinski definition) is 0. The van der Waals surface area contributed by atoms with Gasteiger partial charge in [-0.2, -0.15) is 0 Å². The Kier molecular flexibility index (Phi) is 8.49. The van der Waals surface area contributed by atoms with E-state index in [9.17, 15) is 14.9 Å². The van der Waals surface area contributed by atoms with Crippen LogP contribution in [0.2, 0.25) is 10.0 Å². The average molecular weight is 532 g/mol. The van der Waals surface area contributed by atoms with Crippen LogP contribution in [-0.2, 0) is 4.74 Å². The Morgan fingerprint density at radius 1 is 1.24 bits per heavy atom. The lowest BCUT2D eigenvalue weighted by Crippen LogP contribution is -2.43. The van der Waals surface area contributed by atoms with Gasteiger partial charge in [-0.15, -0.1) is 12.4 Å². The highest BCUT2D eigenvalue weighted by Gasteiger charge is 2.26. The van der Waals surface area contributed by atoms with Crippen LogP contribution < -0.4 is 4.90 Å². The zero-order chi connectivity index (χ0) is 22.8. The van der Waals surface area contributed by atoms with Crippen molar-refractivity contribution < 1.29 is 14.5 Å². The van der Waals surface area contributed by atoms with E-state index in [-0.39, 0.29) is 28.7 Å². The Bertz CT molecular complexity index is 1140. The molecule has 1 fully saturated rings. The maximum absolute atomic E-state index is 13.6. The van der Waals surface area contributed by atoms with Crippen molar-refractivity contribution in [1.82, 2.24) is 9.88 Å². The number of nitro benzene ring substituents is 1. The second kappa shape index (κ2) is 10.9. The average Bonchev–Trinajstić information content (AvgIpc) is 3.24. The first kappa shape index (κ1) is 25.6. The van der Waals surface area contributed by atoms with Gasteiger partial charge in [-0.25, -0.2) is 4.98 Å². The molecule has 0 unspecified atom stereocenters. The standard InChI is InChI=1S/C21H20Cl2N4O4S.ClH/c1-13-2-4-17(23)19-18(13)24-21(32-19)26(7-6-25-8-10-31-11-9-25)20(28)15-12-14(27(29)30)3-5-16(15)22;/h2-5,12H,6-11H2,1H3;1H. The van der Waals surface area contributed by atoms with Crippen molar-refractivity contribution in [2.24, 2.45) is 0 Å². The summed E-state index contributed by atoms with van der Waals surface area (Å²) in [6, 6.07) is 7.53. The predicted molar refractivity (Wildman–Crippen MR) is 134 cm³/mol. The van der Waals surface area contributed by atoms with Gasteiger partial charge in [0.25, 0.3) is 11.6 Å². The molecule has 0 atom stereocenters. The molecule has 8 nitrogen and oxygen atoms in total. The minimum atomic E-state index is -0.550. The minimum Gasteiger partial charge on any atom is -0.379 e. The molecule has 0 saturated carbocycles. The SMILES string of the molecule is Cc1ccc(Cl)c2sc(N(CCN3CCOCC3)C(=O)c3cc([N+](=O)[O-])ccc3Cl)nc12.Cl. The molecule has 1 aliphatic rings. The fourth-order valence-corrected chi connectivity index (χ4v) is 5.03. The van der Waals surface area contributed by atoms with E-state index in [0.29, 0.717) is 36.5 Å². The van der Waals surface area contributed by atoms with E-state index in [4.69, 9.17) is 27.9 Å². The monoisotopic (exact) mass is 530 g/mol. The van der Waals surface area contributed by atoms with Crippen molar-refractivity contribution in [2.45, 2.75) is 6.92 Å². The summed E-state index contributed by atoms with van der Waals surface area (Å²) in [5, 5.41) is 12.4. The summed E-state index contributed by atoms with van der Waals surface area (Å²) in [7, 11) is 0. The van der Waals surface area contributed by atoms with Crippen LogP contribution in [0.1, 0.15) is 15.9 Å². The Balaban J connectivity index is 0.00000306. The summed E-state index contributed by atoms with van der Waals surface area (Å²) in [4.78, 5) is 32.7. The minimum absolute atomic E-state index is 0. The van der Waals surface area contributed by atoms with Crippen LogP contribution in [0.25, 0.3) is 10.2 Å². The van der Waals surface area contributed by atoms with Crippen molar-refractivity contribution in [1.29, 1.82) is 0 Å². The molecule has 2 heterocycles. The molecule has 4 rings (SSSR count). The molecule has 0 spiro atoms. The number of anilines is 1. The molecule has 1 saturated heterocycles. The van der Waals surface area contributed by atoms with Gasteiger partial charge >= 0.3 is 0 Å². The number of carbonyl (C=O) groups excluding carboxylic acids is 1. The van der Waals surface area contributed by atoms with Crippen molar-refractivity contribution >= 4 is 73.9 Å². The van der Waals surface area contributed by atoms with Crippen molar-refractivity contribution in [3.63, 3.8) is 0 Å². The second-order valence-electron chi connectivity index (χ2n) is 7.37. The number of benzene rings is 2. The number of nitrogens with zero attached hydrogens (tertiary/aromatic N) is 4. The number of rotatable bonds is 6. The molecule has 0 bridgehead atoms. The summed E-state index contributed by atoms with van der Waals surface area (Å²) < 4.78 is 6.18. The normalized spacial score (nSPS) is 14.2. The third-order valence-electron chi connectivity index (χ3n) is 5.30. The van der Waals surface area contributed by atoms with Crippen molar-refractivity contribution in [3.8, 4) is 0 Å². The van der Waals surface area contributed by atoms with E-state index in [1.165, 1.54) is 34.4 Å². The largest absolute Gasteiger partial charge is 0.379 e. The number of amides is 1. The molecule has 1 aromatic heterocycles. The zero-order valence-electron chi connectivity index (χ0n) is 17.6. The van der Waals surface area contributed by atoms with E-state index in [1.807, 2.05) is 13.0 Å². The Labute approximate surface area is 210 Å². The molecule has 1 amide bonds. The maximum Gasteiger partial charge on any atom is 0.270 e. The number of aromatic nitrogens is 1. The third-order valence-corrected chi connectivity index (χ3v) is 7.16. The van der Waals surface area contributed by atoms with Crippen LogP contribution >= 0.6 is 46.9 Å². The lowest BCUT2D eigenvalue weighted by Gasteiger charge is -2.29. The van der Waals surface area contributed by atoms with Crippen LogP contribution in [0.4, 0.5) is 10.8 Å². The summed E-state index contributed by atoms with van der Waals surface area (Å²) in [6.07, 6.45) is 0. The molecule has 0 radical (unpaired) electrons. The van der Waals surface area contributed by atoms with E-state index in [2.05, 4.69) is 9.88 Å². The molecule has 12 heteroatoms. The number of non-ortho nitro benzene ring substituents is 1. The van der Waals surface area contributed by atoms with Crippen molar-refractivity contribution in [3.05, 3.63) is 61.6 Å². The maximum atomic E-state index is 13.6. The number of fused-ring (bicyclic) bond motifs is 1. The smallest absolute Gasteiger partial charge is 0.270 e. The highest BCUT2D eigenvalue weighted by molar-refractivity contribution is 7.23. The fraction of sp³-hybridized carbons (Fsp3) is 0.333. The van der Waals surface area contributed by atoms with Gasteiger partial charge in [0, 0.05) is 38.3 Å². The van der Waals surface area contributed by atoms with Crippen LogP contribution in [0.15, 0.2) is 30.3 Å². The van der Waals surface area contributed by atoms with Crippen LogP contribution in [0, 0.1) is 17.0 Å². The van der Waals surface area contributed by atoms with E-state index in [0.717, 1.165) is 28.9 Å². The fourth-order valence-electron chi connectivity index (χ4n) is 3.49. The second-order valence-corrected chi connectivity index (χ2v) is 9.16. The van der Waals surface area contributed by atoms with Gasteiger partial charge < -0.3 is 4.74 Å². The number of carbonyl (C=O) groups is 1. The van der Waals surface area contributed by atoms with Gasteiger partial charge in [0.1, 0.15) is 0 Å². The molecule has 1 aliphatic heterocycles. The number of nitro groups is 1. The highest BCUT2D eigenvalue weighted by atomic mass is 35.5. The highest BCUT2D eigenvalue weighted by Crippen LogP contribution is 2.36. The van der Waals surface area contributed by atoms with Crippen LogP contribution in [-0.4, -0.2) is 60.1 Å². The third kappa shape index (κ3) is 5.56. The number of aryl methyl sites for hydroxylation is 1. The predicted octanol–water partition coefficient (Wildman–Crippen LogP) is 5.22. The number of halogens is 3. The molecule has 3 aromatic rings. The lowest BCUT2D eigenvalue weighted by atomic mass is 10.1. The number of ether oxygens (including phenoxy) is 1. The first-order valence-corrected chi connectivity index (χ1v) is 11.5. The number of thiazole rings is 1. The van der Waals surface area contributed by atoms with Crippen LogP contribution in [0.3, 0.4) is 0 Å². The van der Waals surface area contributed by atoms with E-state index in [1.54, 1.807) is 6.07 Å². The van der Waals surface area contributed by atoms with Gasteiger partial charge in [0.15, 0.2) is 5.13 Å². The molecule has 176 valence electrons. The zero-order valence-corrected chi connectivity index (χ0v) is 20.8. The Morgan fingerprint density at radius 2 is 1.94 bits per heavy atom. The van der Waals surface area contributed by atoms with Gasteiger partial charge in [-0.3, -0.25) is 24.7 Å². The first-order chi connectivity index (χ1) is 15.3. The molecule has 0 aliphatic carbocycles. The summed E-state index contributed by atoms with van der Waals surface area (Å²) in [6.45, 7) is 5.69. The topological polar surface area (TPSA) is 88.8 Å². The Morgan fingerprint density at radius 3 is 2.61 bits per heavy atom. The van der Waals surface area contributed by atoms with Gasteiger partial charge in [-0.1, -0.05) is 40.6 Å². The molecule has 0 N–H and O–H groups in total. The molecular formula is C21H21Cl3N4O4S. The summed E-state index contributed by atoms with van der Waals surface area (Å²) >= 11 is 14.0. The summed E-state index contributed by atoms with van der Waals surface area (Å²) in [5.41, 5.74) is 1.53. The van der Waals surface area contributed by atoms with Crippen LogP contribution in [0.5, 0.6) is 0 Å². The molecule has 2 aromatic carbocycles. The molecular weight excluding hydrogens is 511 g/mol. The van der Waals surface area contributed by atoms with Gasteiger partial charge in [-0.05, 0) is 24.6 Å². The van der Waals surface area contributed by atoms with Crippen molar-refractivity contribution in [2.75, 3.05) is 44.3 Å². The van der Waals surface area contributed by atoms with E-state index < -0.39 is 10.8 Å². The number of hydrogen-bond acceptors (Lipinski definition) is 7. The quantitative estimate of drug-likeness (QED) is 0.320. The Hall–Kier alpha value is -2.01. The number of morpholine rings is 1. The van der Waals surface area contributed by atoms with E-state index >= 15 is 0 Å². The first-order valence-electron chi connectivity index (χ1n) is 9.96. The van der Waals surface area contributed by atoms with Gasteiger partial charge in [0.05, 0.1) is 44.0 Å². The summed E-state index contributed by atoms with van der Waals surface area (Å²) in [5.74, 6) is -0.445. The van der Waals surface area contributed by atoms with Gasteiger partial charge in [0.2, 0.25) is 0 Å². The lowest BCUT2D eigenvalue weighted by molar-refractivity contribution is -0.384.